The standard InChI is InChI=1S/C39H48N17O23P3/c40-19-1-2-53(39(63)52-19)36-25(61)28(17(75-36)6-71-81(66,67)77-27-15(4-57)73-37(24(27)60)55-12-50-20-30(41)44-9-47-33(20)55)78-82(68,69)72-7-18-29(26(62)38(76-18)56-13-51-21-31(42)45-10-48-34(21)56)79-80(64,65)70-5-16-22(58)23(59)35(74-16)54-11-49-14-3-43-8-46-32(14)54/h1-3,8-13,15-18,22-29,35-38,57-62H,4-7H2,(H,64,65)(H,66,67)(H,68,69)(H2,40,52,63)(H2,41,44,47)(H2,42,45,48)/t15-,16-,17-,18-,22-,23-,24-,25-,26-,27-,28-,29-,35-,36-,37-,38-/m1/s1. The summed E-state index contributed by atoms with van der Waals surface area (Å²) in [5.41, 5.74) is 17.1. The summed E-state index contributed by atoms with van der Waals surface area (Å²) in [6.07, 6.45) is -19.1. The molecule has 43 heteroatoms. The van der Waals surface area contributed by atoms with Gasteiger partial charge < -0.3 is 81.5 Å². The first-order valence-electron chi connectivity index (χ1n) is 24.0. The second kappa shape index (κ2) is 22.5. The fraction of sp³-hybridized carbons (Fsp3) is 0.513. The van der Waals surface area contributed by atoms with Gasteiger partial charge in [0.2, 0.25) is 0 Å². The Morgan fingerprint density at radius 3 is 1.46 bits per heavy atom. The van der Waals surface area contributed by atoms with E-state index in [1.54, 1.807) is 0 Å². The van der Waals surface area contributed by atoms with Crippen LogP contribution in [0.1, 0.15) is 24.9 Å². The third-order valence-electron chi connectivity index (χ3n) is 13.4. The molecule has 40 nitrogen and oxygen atoms in total. The van der Waals surface area contributed by atoms with E-state index in [0.29, 0.717) is 10.1 Å². The van der Waals surface area contributed by atoms with Gasteiger partial charge in [-0.1, -0.05) is 0 Å². The van der Waals surface area contributed by atoms with Crippen molar-refractivity contribution in [3.05, 3.63) is 66.9 Å². The van der Waals surface area contributed by atoms with Crippen LogP contribution >= 0.6 is 23.5 Å². The molecule has 15 N–H and O–H groups in total. The van der Waals surface area contributed by atoms with Gasteiger partial charge in [-0.25, -0.2) is 63.3 Å². The molecule has 0 amide bonds. The van der Waals surface area contributed by atoms with Crippen LogP contribution in [0.4, 0.5) is 17.5 Å². The zero-order valence-electron chi connectivity index (χ0n) is 41.3. The Labute approximate surface area is 455 Å². The largest absolute Gasteiger partial charge is 0.472 e. The van der Waals surface area contributed by atoms with Gasteiger partial charge in [-0.2, -0.15) is 4.98 Å². The molecule has 0 bridgehead atoms. The van der Waals surface area contributed by atoms with Crippen LogP contribution in [0.3, 0.4) is 0 Å². The van der Waals surface area contributed by atoms with Crippen LogP contribution in [0.2, 0.25) is 0 Å². The van der Waals surface area contributed by atoms with Crippen molar-refractivity contribution < 1.29 is 105 Å². The number of nitrogens with two attached hydrogens (primary N) is 3. The zero-order chi connectivity index (χ0) is 58.2. The minimum absolute atomic E-state index is 0.0213. The first-order chi connectivity index (χ1) is 39.0. The molecule has 4 aliphatic heterocycles. The average molecular weight is 1220 g/mol. The molecule has 4 aliphatic rings. The first-order valence-corrected chi connectivity index (χ1v) is 28.4. The van der Waals surface area contributed by atoms with Crippen LogP contribution in [0.15, 0.2) is 61.2 Å². The first kappa shape index (κ1) is 57.7. The predicted octanol–water partition coefficient (Wildman–Crippen LogP) is -4.60. The Balaban J connectivity index is 0.798. The van der Waals surface area contributed by atoms with Crippen LogP contribution < -0.4 is 22.9 Å². The van der Waals surface area contributed by atoms with Gasteiger partial charge in [0.05, 0.1) is 51.6 Å². The number of nitrogens with zero attached hydrogens (tertiary/aromatic N) is 14. The number of rotatable bonds is 20. The molecule has 0 aromatic carbocycles. The van der Waals surface area contributed by atoms with Crippen molar-refractivity contribution in [3.63, 3.8) is 0 Å². The van der Waals surface area contributed by atoms with Crippen LogP contribution in [0.25, 0.3) is 33.5 Å². The van der Waals surface area contributed by atoms with E-state index in [1.165, 1.54) is 34.3 Å². The number of aliphatic hydroxyl groups excluding tert-OH is 6. The van der Waals surface area contributed by atoms with Crippen LogP contribution in [0.5, 0.6) is 0 Å². The number of nitrogen functional groups attached to an aromatic ring is 3. The lowest BCUT2D eigenvalue weighted by molar-refractivity contribution is -0.0642. The predicted molar refractivity (Wildman–Crippen MR) is 262 cm³/mol. The van der Waals surface area contributed by atoms with E-state index in [9.17, 15) is 63.8 Å². The quantitative estimate of drug-likeness (QED) is 0.0320. The maximum atomic E-state index is 14.0. The summed E-state index contributed by atoms with van der Waals surface area (Å²) in [4.78, 5) is 86.1. The maximum Gasteiger partial charge on any atom is 0.472 e. The van der Waals surface area contributed by atoms with E-state index in [4.69, 9.17) is 63.3 Å². The third-order valence-corrected chi connectivity index (χ3v) is 16.3. The number of anilines is 3. The molecule has 0 aliphatic carbocycles. The third kappa shape index (κ3) is 11.1. The van der Waals surface area contributed by atoms with Crippen LogP contribution in [-0.4, -0.2) is 213 Å². The zero-order valence-corrected chi connectivity index (χ0v) is 44.0. The molecule has 0 saturated carbocycles. The smallest absolute Gasteiger partial charge is 0.394 e. The molecule has 4 saturated heterocycles. The molecule has 442 valence electrons. The molecular weight excluding hydrogens is 1170 g/mol. The van der Waals surface area contributed by atoms with E-state index in [1.807, 2.05) is 0 Å². The molecule has 11 heterocycles. The molecular formula is C39H48N17O23P3. The second-order valence-corrected chi connectivity index (χ2v) is 22.7. The van der Waals surface area contributed by atoms with E-state index in [-0.39, 0.29) is 45.4 Å². The summed E-state index contributed by atoms with van der Waals surface area (Å²) in [5, 5.41) is 66.6. The number of imidazole rings is 3. The molecule has 7 aromatic rings. The van der Waals surface area contributed by atoms with E-state index in [0.717, 1.165) is 35.8 Å². The maximum absolute atomic E-state index is 14.0. The number of fused-ring (bicyclic) bond motifs is 3. The lowest BCUT2D eigenvalue weighted by Crippen LogP contribution is -2.39. The number of phosphoric ester groups is 3. The Kier molecular flexibility index (Phi) is 15.8. The van der Waals surface area contributed by atoms with Crippen molar-refractivity contribution in [2.75, 3.05) is 43.6 Å². The summed E-state index contributed by atoms with van der Waals surface area (Å²) >= 11 is 0. The minimum atomic E-state index is -5.67. The number of hydrogen-bond donors (Lipinski definition) is 12. The monoisotopic (exact) mass is 1220 g/mol. The minimum Gasteiger partial charge on any atom is -0.394 e. The highest BCUT2D eigenvalue weighted by molar-refractivity contribution is 7.48. The molecule has 19 atom stereocenters. The van der Waals surface area contributed by atoms with E-state index in [2.05, 4.69) is 49.8 Å². The van der Waals surface area contributed by atoms with Gasteiger partial charge in [0.25, 0.3) is 0 Å². The number of ether oxygens (including phenoxy) is 4. The fourth-order valence-electron chi connectivity index (χ4n) is 9.51. The number of hydrogen-bond acceptors (Lipinski definition) is 33. The fourth-order valence-corrected chi connectivity index (χ4v) is 12.4. The highest BCUT2D eigenvalue weighted by Gasteiger charge is 2.55. The van der Waals surface area contributed by atoms with Gasteiger partial charge in [0, 0.05) is 6.20 Å². The Bertz CT molecular complexity index is 3700. The Hall–Kier alpha value is -6.14. The number of aromatic nitrogens is 14. The van der Waals surface area contributed by atoms with Crippen molar-refractivity contribution in [2.24, 2.45) is 0 Å². The van der Waals surface area contributed by atoms with Gasteiger partial charge in [0.15, 0.2) is 53.5 Å². The second-order valence-electron chi connectivity index (χ2n) is 18.5. The normalized spacial score (nSPS) is 32.6. The van der Waals surface area contributed by atoms with Crippen molar-refractivity contribution in [1.29, 1.82) is 0 Å². The van der Waals surface area contributed by atoms with Crippen molar-refractivity contribution in [3.8, 4) is 0 Å². The molecule has 0 radical (unpaired) electrons. The van der Waals surface area contributed by atoms with Gasteiger partial charge in [-0.05, 0) is 6.07 Å². The van der Waals surface area contributed by atoms with Crippen molar-refractivity contribution in [1.82, 2.24) is 68.1 Å². The molecule has 11 rings (SSSR count). The van der Waals surface area contributed by atoms with Crippen molar-refractivity contribution in [2.45, 2.75) is 98.2 Å². The topological polar surface area (TPSA) is 569 Å². The summed E-state index contributed by atoms with van der Waals surface area (Å²) in [6.45, 7) is -4.15. The van der Waals surface area contributed by atoms with E-state index < -0.39 is 154 Å². The lowest BCUT2D eigenvalue weighted by atomic mass is 10.1. The van der Waals surface area contributed by atoms with Gasteiger partial charge >= 0.3 is 29.2 Å². The number of phosphoric acid groups is 3. The highest BCUT2D eigenvalue weighted by Crippen LogP contribution is 2.54. The van der Waals surface area contributed by atoms with E-state index >= 15 is 0 Å². The Morgan fingerprint density at radius 1 is 0.524 bits per heavy atom. The summed E-state index contributed by atoms with van der Waals surface area (Å²) in [7, 11) is -16.6. The highest BCUT2D eigenvalue weighted by atomic mass is 31.2. The average Bonchev–Trinajstić information content (AvgIpc) is 4.24. The van der Waals surface area contributed by atoms with Gasteiger partial charge in [0.1, 0.15) is 115 Å². The summed E-state index contributed by atoms with van der Waals surface area (Å²) in [5.74, 6) is -0.378. The SMILES string of the molecule is Nc1ccn([C@@H]2O[C@H](COP(=O)(O)O[C@H]3[C@@H](O)[C@H](n4cnc5c(N)ncnc54)O[C@@H]3CO)[C@@H](OP(=O)(O)OC[C@H]3O[C@@H](n4cnc5c(N)ncnc54)[C@H](O)[C@@H]3OP(=O)(O)OC[C@H]3O[C@@H](n4cnc5cncnc54)[C@H](O)[C@@H]3O)[C@H]2O)c(=O)n1. The molecule has 4 fully saturated rings. The van der Waals surface area contributed by atoms with Crippen molar-refractivity contribution >= 4 is 74.4 Å². The Morgan fingerprint density at radius 2 is 0.951 bits per heavy atom. The van der Waals surface area contributed by atoms with Crippen LogP contribution in [0, 0.1) is 0 Å². The van der Waals surface area contributed by atoms with Gasteiger partial charge in [-0.3, -0.25) is 45.4 Å². The molecule has 0 spiro atoms. The summed E-state index contributed by atoms with van der Waals surface area (Å²) in [6, 6.07) is 1.13. The van der Waals surface area contributed by atoms with Crippen LogP contribution in [-0.2, 0) is 59.8 Å². The molecule has 7 aromatic heterocycles. The molecule has 3 unspecified atom stereocenters. The lowest BCUT2D eigenvalue weighted by Gasteiger charge is -2.26. The van der Waals surface area contributed by atoms with Gasteiger partial charge in [-0.15, -0.1) is 0 Å². The number of aliphatic hydroxyl groups is 6. The molecule has 82 heavy (non-hydrogen) atoms. The summed E-state index contributed by atoms with van der Waals surface area (Å²) < 4.78 is 101.